The molecule has 1 aliphatic rings. The van der Waals surface area contributed by atoms with Crippen molar-refractivity contribution in [1.82, 2.24) is 10.6 Å². The van der Waals surface area contributed by atoms with Gasteiger partial charge in [0.25, 0.3) is 5.91 Å². The molecule has 0 atom stereocenters. The van der Waals surface area contributed by atoms with Gasteiger partial charge in [0.15, 0.2) is 0 Å². The van der Waals surface area contributed by atoms with Gasteiger partial charge in [-0.1, -0.05) is 48.0 Å². The summed E-state index contributed by atoms with van der Waals surface area (Å²) < 4.78 is 5.42. The van der Waals surface area contributed by atoms with E-state index in [-0.39, 0.29) is 23.7 Å². The summed E-state index contributed by atoms with van der Waals surface area (Å²) in [7, 11) is 1.71. The standard InChI is InChI=1S/C21H25ClN2O2.ClH/c1-26-15-21(9-11-23-12-10-21)14-24-20(25)18-13-17(7-8-19(18)22)16-5-3-2-4-6-16;/h2-8,13,23H,9-12,14-15H2,1H3,(H,24,25);1H. The van der Waals surface area contributed by atoms with Gasteiger partial charge in [-0.3, -0.25) is 4.79 Å². The first-order valence-electron chi connectivity index (χ1n) is 8.96. The second kappa shape index (κ2) is 10.1. The Morgan fingerprint density at radius 1 is 1.15 bits per heavy atom. The Morgan fingerprint density at radius 3 is 2.52 bits per heavy atom. The molecule has 0 saturated carbocycles. The van der Waals surface area contributed by atoms with E-state index in [0.717, 1.165) is 37.1 Å². The third-order valence-electron chi connectivity index (χ3n) is 5.06. The SMILES string of the molecule is COCC1(CNC(=O)c2cc(-c3ccccc3)ccc2Cl)CCNCC1.Cl. The smallest absolute Gasteiger partial charge is 0.252 e. The van der Waals surface area contributed by atoms with Crippen molar-refractivity contribution in [3.8, 4) is 11.1 Å². The molecule has 1 saturated heterocycles. The summed E-state index contributed by atoms with van der Waals surface area (Å²) >= 11 is 6.30. The fourth-order valence-corrected chi connectivity index (χ4v) is 3.71. The Morgan fingerprint density at radius 2 is 1.85 bits per heavy atom. The molecular weight excluding hydrogens is 383 g/mol. The van der Waals surface area contributed by atoms with Crippen LogP contribution in [0.5, 0.6) is 0 Å². The number of halogens is 2. The van der Waals surface area contributed by atoms with Gasteiger partial charge in [0.2, 0.25) is 0 Å². The average Bonchev–Trinajstić information content (AvgIpc) is 2.68. The van der Waals surface area contributed by atoms with E-state index >= 15 is 0 Å². The maximum Gasteiger partial charge on any atom is 0.252 e. The first-order chi connectivity index (χ1) is 12.6. The lowest BCUT2D eigenvalue weighted by Crippen LogP contribution is -2.47. The van der Waals surface area contributed by atoms with Gasteiger partial charge in [0.1, 0.15) is 0 Å². The van der Waals surface area contributed by atoms with Crippen molar-refractivity contribution in [2.45, 2.75) is 12.8 Å². The van der Waals surface area contributed by atoms with E-state index in [2.05, 4.69) is 10.6 Å². The number of amides is 1. The van der Waals surface area contributed by atoms with E-state index in [1.54, 1.807) is 13.2 Å². The maximum absolute atomic E-state index is 12.8. The molecule has 1 amide bonds. The highest BCUT2D eigenvalue weighted by Crippen LogP contribution is 2.29. The van der Waals surface area contributed by atoms with Gasteiger partial charge in [-0.25, -0.2) is 0 Å². The summed E-state index contributed by atoms with van der Waals surface area (Å²) in [6.07, 6.45) is 1.97. The number of hydrogen-bond donors (Lipinski definition) is 2. The lowest BCUT2D eigenvalue weighted by Gasteiger charge is -2.37. The molecule has 146 valence electrons. The highest BCUT2D eigenvalue weighted by Gasteiger charge is 2.32. The molecule has 6 heteroatoms. The van der Waals surface area contributed by atoms with Crippen molar-refractivity contribution < 1.29 is 9.53 Å². The molecule has 0 radical (unpaired) electrons. The van der Waals surface area contributed by atoms with Crippen LogP contribution in [-0.4, -0.2) is 39.3 Å². The molecule has 0 unspecified atom stereocenters. The van der Waals surface area contributed by atoms with Gasteiger partial charge < -0.3 is 15.4 Å². The molecule has 0 bridgehead atoms. The largest absolute Gasteiger partial charge is 0.384 e. The maximum atomic E-state index is 12.8. The van der Waals surface area contributed by atoms with Crippen LogP contribution in [0.2, 0.25) is 5.02 Å². The van der Waals surface area contributed by atoms with E-state index < -0.39 is 0 Å². The minimum absolute atomic E-state index is 0. The average molecular weight is 409 g/mol. The first kappa shape index (κ1) is 21.7. The van der Waals surface area contributed by atoms with Crippen LogP contribution in [0.25, 0.3) is 11.1 Å². The van der Waals surface area contributed by atoms with Crippen LogP contribution in [0.1, 0.15) is 23.2 Å². The Kier molecular flexibility index (Phi) is 8.11. The summed E-state index contributed by atoms with van der Waals surface area (Å²) in [6.45, 7) is 3.13. The van der Waals surface area contributed by atoms with Crippen LogP contribution in [0, 0.1) is 5.41 Å². The van der Waals surface area contributed by atoms with E-state index in [4.69, 9.17) is 16.3 Å². The molecule has 1 fully saturated rings. The minimum Gasteiger partial charge on any atom is -0.384 e. The molecular formula is C21H26Cl2N2O2. The second-order valence-electron chi connectivity index (χ2n) is 6.93. The van der Waals surface area contributed by atoms with Crippen LogP contribution in [0.3, 0.4) is 0 Å². The number of benzene rings is 2. The van der Waals surface area contributed by atoms with Gasteiger partial charge in [0.05, 0.1) is 17.2 Å². The van der Waals surface area contributed by atoms with Crippen molar-refractivity contribution in [1.29, 1.82) is 0 Å². The number of carbonyl (C=O) groups is 1. The number of rotatable bonds is 6. The lowest BCUT2D eigenvalue weighted by atomic mass is 9.79. The Hall–Kier alpha value is -1.59. The fourth-order valence-electron chi connectivity index (χ4n) is 3.51. The summed E-state index contributed by atoms with van der Waals surface area (Å²) in [5, 5.41) is 6.91. The molecule has 2 N–H and O–H groups in total. The molecule has 0 spiro atoms. The molecule has 1 heterocycles. The van der Waals surface area contributed by atoms with E-state index in [9.17, 15) is 4.79 Å². The molecule has 2 aromatic carbocycles. The molecule has 4 nitrogen and oxygen atoms in total. The molecule has 0 aromatic heterocycles. The predicted octanol–water partition coefficient (Wildman–Crippen LogP) is 4.17. The van der Waals surface area contributed by atoms with Crippen molar-refractivity contribution in [2.75, 3.05) is 33.4 Å². The Bertz CT molecular complexity index is 742. The van der Waals surface area contributed by atoms with Crippen LogP contribution < -0.4 is 10.6 Å². The summed E-state index contributed by atoms with van der Waals surface area (Å²) in [6, 6.07) is 15.6. The third kappa shape index (κ3) is 5.45. The molecule has 3 rings (SSSR count). The van der Waals surface area contributed by atoms with Crippen LogP contribution in [0.4, 0.5) is 0 Å². The van der Waals surface area contributed by atoms with Gasteiger partial charge in [-0.05, 0) is 49.2 Å². The van der Waals surface area contributed by atoms with E-state index in [1.807, 2.05) is 42.5 Å². The summed E-state index contributed by atoms with van der Waals surface area (Å²) in [5.74, 6) is -0.137. The molecule has 27 heavy (non-hydrogen) atoms. The van der Waals surface area contributed by atoms with Gasteiger partial charge in [-0.2, -0.15) is 0 Å². The first-order valence-corrected chi connectivity index (χ1v) is 9.34. The third-order valence-corrected chi connectivity index (χ3v) is 5.39. The topological polar surface area (TPSA) is 50.4 Å². The highest BCUT2D eigenvalue weighted by molar-refractivity contribution is 6.34. The zero-order chi connectivity index (χ0) is 18.4. The Balaban J connectivity index is 0.00000261. The number of ether oxygens (including phenoxy) is 1. The summed E-state index contributed by atoms with van der Waals surface area (Å²) in [5.41, 5.74) is 2.54. The molecule has 0 aliphatic carbocycles. The predicted molar refractivity (Wildman–Crippen MR) is 113 cm³/mol. The van der Waals surface area contributed by atoms with Gasteiger partial charge >= 0.3 is 0 Å². The quantitative estimate of drug-likeness (QED) is 0.753. The zero-order valence-electron chi connectivity index (χ0n) is 15.5. The van der Waals surface area contributed by atoms with Crippen molar-refractivity contribution in [2.24, 2.45) is 5.41 Å². The Labute approximate surface area is 172 Å². The van der Waals surface area contributed by atoms with Crippen LogP contribution in [-0.2, 0) is 4.74 Å². The normalized spacial score (nSPS) is 15.6. The number of hydrogen-bond acceptors (Lipinski definition) is 3. The monoisotopic (exact) mass is 408 g/mol. The van der Waals surface area contributed by atoms with Crippen molar-refractivity contribution in [3.05, 3.63) is 59.1 Å². The van der Waals surface area contributed by atoms with Gasteiger partial charge in [-0.15, -0.1) is 12.4 Å². The molecule has 1 aliphatic heterocycles. The van der Waals surface area contributed by atoms with E-state index in [1.165, 1.54) is 0 Å². The fraction of sp³-hybridized carbons (Fsp3) is 0.381. The summed E-state index contributed by atoms with van der Waals surface area (Å²) in [4.78, 5) is 12.8. The number of piperidine rings is 1. The molecule has 2 aromatic rings. The number of methoxy groups -OCH3 is 1. The number of carbonyl (C=O) groups excluding carboxylic acids is 1. The van der Waals surface area contributed by atoms with Crippen molar-refractivity contribution >= 4 is 29.9 Å². The second-order valence-corrected chi connectivity index (χ2v) is 7.33. The zero-order valence-corrected chi connectivity index (χ0v) is 17.0. The van der Waals surface area contributed by atoms with Crippen molar-refractivity contribution in [3.63, 3.8) is 0 Å². The number of nitrogens with one attached hydrogen (secondary N) is 2. The lowest BCUT2D eigenvalue weighted by molar-refractivity contribution is 0.0512. The van der Waals surface area contributed by atoms with Crippen LogP contribution in [0.15, 0.2) is 48.5 Å². The van der Waals surface area contributed by atoms with E-state index in [0.29, 0.717) is 23.7 Å². The highest BCUT2D eigenvalue weighted by atomic mass is 35.5. The van der Waals surface area contributed by atoms with Crippen LogP contribution >= 0.6 is 24.0 Å². The minimum atomic E-state index is -0.137. The van der Waals surface area contributed by atoms with Gasteiger partial charge in [0, 0.05) is 19.1 Å².